The molecule has 3 rings (SSSR count). The summed E-state index contributed by atoms with van der Waals surface area (Å²) in [5.41, 5.74) is 5.22. The second-order valence-electron chi connectivity index (χ2n) is 6.09. The average Bonchev–Trinajstić information content (AvgIpc) is 2.67. The Hall–Kier alpha value is -1.32. The molecule has 20 heavy (non-hydrogen) atoms. The fourth-order valence-electron chi connectivity index (χ4n) is 3.43. The molecule has 0 amide bonds. The van der Waals surface area contributed by atoms with Crippen LogP contribution in [0.25, 0.3) is 11.0 Å². The molecule has 0 bridgehead atoms. The van der Waals surface area contributed by atoms with E-state index in [4.69, 9.17) is 10.3 Å². The first kappa shape index (κ1) is 13.7. The number of fused-ring (bicyclic) bond motifs is 1. The van der Waals surface area contributed by atoms with Crippen molar-refractivity contribution in [3.05, 3.63) is 35.6 Å². The highest BCUT2D eigenvalue weighted by Gasteiger charge is 2.26. The number of hydrogen-bond donors (Lipinski definition) is 2. The van der Waals surface area contributed by atoms with Gasteiger partial charge in [-0.2, -0.15) is 0 Å². The van der Waals surface area contributed by atoms with Crippen LogP contribution in [-0.4, -0.2) is 0 Å². The monoisotopic (exact) mass is 272 g/mol. The molecule has 3 nitrogen and oxygen atoms in total. The zero-order chi connectivity index (χ0) is 13.9. The van der Waals surface area contributed by atoms with Gasteiger partial charge in [0, 0.05) is 5.39 Å². The first-order valence-electron chi connectivity index (χ1n) is 7.74. The van der Waals surface area contributed by atoms with Crippen LogP contribution in [0.15, 0.2) is 28.7 Å². The molecule has 2 aromatic rings. The second kappa shape index (κ2) is 5.98. The summed E-state index contributed by atoms with van der Waals surface area (Å²) in [6, 6.07) is 8.60. The van der Waals surface area contributed by atoms with Gasteiger partial charge in [-0.25, -0.2) is 5.43 Å². The molecule has 1 aromatic carbocycles. The van der Waals surface area contributed by atoms with Gasteiger partial charge in [-0.1, -0.05) is 37.3 Å². The maximum Gasteiger partial charge on any atom is 0.134 e. The average molecular weight is 272 g/mol. The van der Waals surface area contributed by atoms with Gasteiger partial charge < -0.3 is 4.42 Å². The topological polar surface area (TPSA) is 51.2 Å². The summed E-state index contributed by atoms with van der Waals surface area (Å²) in [4.78, 5) is 0. The van der Waals surface area contributed by atoms with Gasteiger partial charge >= 0.3 is 0 Å². The van der Waals surface area contributed by atoms with Crippen LogP contribution in [0, 0.1) is 12.8 Å². The number of hydrogen-bond acceptors (Lipinski definition) is 3. The summed E-state index contributed by atoms with van der Waals surface area (Å²) in [6.45, 7) is 2.11. The Labute approximate surface area is 120 Å². The molecular weight excluding hydrogens is 248 g/mol. The molecule has 1 saturated carbocycles. The van der Waals surface area contributed by atoms with Crippen molar-refractivity contribution in [2.24, 2.45) is 11.8 Å². The predicted octanol–water partition coefficient (Wildman–Crippen LogP) is 4.22. The van der Waals surface area contributed by atoms with E-state index in [1.165, 1.54) is 49.5 Å². The highest BCUT2D eigenvalue weighted by molar-refractivity contribution is 5.78. The van der Waals surface area contributed by atoms with Crippen LogP contribution in [0.4, 0.5) is 0 Å². The van der Waals surface area contributed by atoms with Gasteiger partial charge in [0.1, 0.15) is 11.3 Å². The zero-order valence-electron chi connectivity index (χ0n) is 12.2. The van der Waals surface area contributed by atoms with Crippen molar-refractivity contribution in [3.63, 3.8) is 0 Å². The van der Waals surface area contributed by atoms with Gasteiger partial charge in [0.15, 0.2) is 0 Å². The number of furan rings is 1. The SMILES string of the molecule is Cc1ccc2oc(C(NN)C3CCCCCC3)cc2c1. The van der Waals surface area contributed by atoms with Gasteiger partial charge in [0.05, 0.1) is 6.04 Å². The smallest absolute Gasteiger partial charge is 0.134 e. The molecule has 1 aliphatic carbocycles. The van der Waals surface area contributed by atoms with Gasteiger partial charge in [-0.05, 0) is 43.9 Å². The predicted molar refractivity (Wildman–Crippen MR) is 82.2 cm³/mol. The van der Waals surface area contributed by atoms with Crippen molar-refractivity contribution in [2.75, 3.05) is 0 Å². The van der Waals surface area contributed by atoms with Gasteiger partial charge in [0.2, 0.25) is 0 Å². The molecule has 108 valence electrons. The number of aryl methyl sites for hydroxylation is 1. The number of benzene rings is 1. The lowest BCUT2D eigenvalue weighted by Crippen LogP contribution is -2.33. The first-order valence-corrected chi connectivity index (χ1v) is 7.74. The summed E-state index contributed by atoms with van der Waals surface area (Å²) in [5.74, 6) is 7.40. The first-order chi connectivity index (χ1) is 9.78. The van der Waals surface area contributed by atoms with Crippen molar-refractivity contribution < 1.29 is 4.42 Å². The second-order valence-corrected chi connectivity index (χ2v) is 6.09. The quantitative estimate of drug-likeness (QED) is 0.500. The lowest BCUT2D eigenvalue weighted by Gasteiger charge is -2.23. The number of rotatable bonds is 3. The maximum atomic E-state index is 6.03. The summed E-state index contributed by atoms with van der Waals surface area (Å²) in [6.07, 6.45) is 7.81. The molecular formula is C17H24N2O. The molecule has 0 aliphatic heterocycles. The van der Waals surface area contributed by atoms with Crippen molar-refractivity contribution in [1.29, 1.82) is 0 Å². The minimum Gasteiger partial charge on any atom is -0.459 e. The Morgan fingerprint density at radius 3 is 2.60 bits per heavy atom. The van der Waals surface area contributed by atoms with Gasteiger partial charge in [-0.3, -0.25) is 5.84 Å². The zero-order valence-corrected chi connectivity index (χ0v) is 12.2. The number of nitrogens with one attached hydrogen (secondary N) is 1. The van der Waals surface area contributed by atoms with E-state index in [1.807, 2.05) is 0 Å². The van der Waals surface area contributed by atoms with Crippen molar-refractivity contribution in [3.8, 4) is 0 Å². The van der Waals surface area contributed by atoms with E-state index in [0.29, 0.717) is 5.92 Å². The molecule has 1 fully saturated rings. The van der Waals surface area contributed by atoms with Crippen LogP contribution in [0.5, 0.6) is 0 Å². The summed E-state index contributed by atoms with van der Waals surface area (Å²) < 4.78 is 6.03. The van der Waals surface area contributed by atoms with Crippen LogP contribution in [-0.2, 0) is 0 Å². The Bertz CT molecular complexity index is 567. The van der Waals surface area contributed by atoms with Gasteiger partial charge in [-0.15, -0.1) is 0 Å². The molecule has 0 radical (unpaired) electrons. The summed E-state index contributed by atoms with van der Waals surface area (Å²) >= 11 is 0. The highest BCUT2D eigenvalue weighted by atomic mass is 16.3. The fourth-order valence-corrected chi connectivity index (χ4v) is 3.43. The Morgan fingerprint density at radius 2 is 1.90 bits per heavy atom. The van der Waals surface area contributed by atoms with Crippen molar-refractivity contribution in [1.82, 2.24) is 5.43 Å². The largest absolute Gasteiger partial charge is 0.459 e. The number of nitrogens with two attached hydrogens (primary N) is 1. The lowest BCUT2D eigenvalue weighted by atomic mass is 9.90. The third-order valence-corrected chi connectivity index (χ3v) is 4.55. The molecule has 1 aliphatic rings. The molecule has 1 atom stereocenters. The molecule has 1 aromatic heterocycles. The molecule has 3 N–H and O–H groups in total. The normalized spacial score (nSPS) is 19.1. The molecule has 0 saturated heterocycles. The third kappa shape index (κ3) is 2.74. The van der Waals surface area contributed by atoms with Crippen LogP contribution in [0.3, 0.4) is 0 Å². The Kier molecular flexibility index (Phi) is 4.08. The fraction of sp³-hybridized carbons (Fsp3) is 0.529. The van der Waals surface area contributed by atoms with Gasteiger partial charge in [0.25, 0.3) is 0 Å². The Balaban J connectivity index is 1.89. The van der Waals surface area contributed by atoms with E-state index < -0.39 is 0 Å². The van der Waals surface area contributed by atoms with E-state index in [9.17, 15) is 0 Å². The summed E-state index contributed by atoms with van der Waals surface area (Å²) in [5, 5.41) is 1.17. The minimum atomic E-state index is 0.140. The number of hydrazine groups is 1. The van der Waals surface area contributed by atoms with E-state index >= 15 is 0 Å². The van der Waals surface area contributed by atoms with E-state index in [-0.39, 0.29) is 6.04 Å². The van der Waals surface area contributed by atoms with E-state index in [0.717, 1.165) is 11.3 Å². The van der Waals surface area contributed by atoms with E-state index in [1.54, 1.807) is 0 Å². The summed E-state index contributed by atoms with van der Waals surface area (Å²) in [7, 11) is 0. The minimum absolute atomic E-state index is 0.140. The van der Waals surface area contributed by atoms with Crippen molar-refractivity contribution >= 4 is 11.0 Å². The molecule has 1 heterocycles. The lowest BCUT2D eigenvalue weighted by molar-refractivity contribution is 0.291. The standard InChI is InChI=1S/C17H24N2O/c1-12-8-9-15-14(10-12)11-16(20-15)17(19-18)13-6-4-2-3-5-7-13/h8-11,13,17,19H,2-7,18H2,1H3. The van der Waals surface area contributed by atoms with Crippen LogP contribution >= 0.6 is 0 Å². The maximum absolute atomic E-state index is 6.03. The molecule has 0 spiro atoms. The third-order valence-electron chi connectivity index (χ3n) is 4.55. The van der Waals surface area contributed by atoms with Crippen molar-refractivity contribution in [2.45, 2.75) is 51.5 Å². The van der Waals surface area contributed by atoms with E-state index in [2.05, 4.69) is 36.6 Å². The van der Waals surface area contributed by atoms with Crippen LogP contribution in [0.1, 0.15) is 55.9 Å². The molecule has 1 unspecified atom stereocenters. The van der Waals surface area contributed by atoms with Crippen LogP contribution in [0.2, 0.25) is 0 Å². The highest BCUT2D eigenvalue weighted by Crippen LogP contribution is 2.35. The molecule has 3 heteroatoms. The van der Waals surface area contributed by atoms with Crippen LogP contribution < -0.4 is 11.3 Å². The Morgan fingerprint density at radius 1 is 1.15 bits per heavy atom.